The van der Waals surface area contributed by atoms with Gasteiger partial charge in [0.05, 0.1) is 17.2 Å². The van der Waals surface area contributed by atoms with Gasteiger partial charge in [-0.2, -0.15) is 0 Å². The van der Waals surface area contributed by atoms with E-state index in [0.29, 0.717) is 23.8 Å². The first kappa shape index (κ1) is 32.9. The molecule has 0 aliphatic rings. The fourth-order valence-electron chi connectivity index (χ4n) is 4.45. The average Bonchev–Trinajstić information content (AvgIpc) is 2.92. The van der Waals surface area contributed by atoms with Gasteiger partial charge in [0, 0.05) is 17.1 Å². The third kappa shape index (κ3) is 8.49. The number of carbonyl (C=O) groups excluding carboxylic acids is 2. The van der Waals surface area contributed by atoms with Gasteiger partial charge in [-0.1, -0.05) is 60.5 Å². The van der Waals surface area contributed by atoms with Crippen LogP contribution in [0.15, 0.2) is 77.7 Å². The molecule has 0 saturated heterocycles. The molecule has 10 heteroatoms. The summed E-state index contributed by atoms with van der Waals surface area (Å²) >= 11 is 6.09. The van der Waals surface area contributed by atoms with E-state index < -0.39 is 34.1 Å². The Balaban J connectivity index is 2.12. The molecule has 0 aliphatic heterocycles. The van der Waals surface area contributed by atoms with Crippen LogP contribution in [0.5, 0.6) is 5.75 Å². The quantitative estimate of drug-likeness (QED) is 0.272. The van der Waals surface area contributed by atoms with Gasteiger partial charge in [-0.05, 0) is 83.0 Å². The van der Waals surface area contributed by atoms with E-state index >= 15 is 0 Å². The molecular formula is C32H40ClN3O5S. The van der Waals surface area contributed by atoms with Crippen LogP contribution >= 0.6 is 11.6 Å². The summed E-state index contributed by atoms with van der Waals surface area (Å²) in [5.41, 5.74) is 1.34. The average molecular weight is 614 g/mol. The Morgan fingerprint density at radius 1 is 0.952 bits per heavy atom. The van der Waals surface area contributed by atoms with Crippen LogP contribution in [0.25, 0.3) is 0 Å². The topological polar surface area (TPSA) is 96.0 Å². The molecule has 0 aromatic heterocycles. The SMILES string of the molecule is CCOc1ccccc1N(CC(=O)N(Cc1ccc(Cl)cc1)C(CC)C(=O)NC(C)(C)C)S(=O)(=O)c1ccc(C)cc1. The number of anilines is 1. The molecule has 3 rings (SSSR count). The molecule has 0 radical (unpaired) electrons. The summed E-state index contributed by atoms with van der Waals surface area (Å²) in [6.07, 6.45) is 0.321. The third-order valence-corrected chi connectivity index (χ3v) is 8.50. The first-order chi connectivity index (χ1) is 19.8. The Kier molecular flexibility index (Phi) is 11.0. The van der Waals surface area contributed by atoms with E-state index in [0.717, 1.165) is 15.4 Å². The van der Waals surface area contributed by atoms with E-state index in [1.807, 2.05) is 34.6 Å². The van der Waals surface area contributed by atoms with Crippen molar-refractivity contribution in [3.8, 4) is 5.75 Å². The summed E-state index contributed by atoms with van der Waals surface area (Å²) in [5.74, 6) is -0.539. The number of carbonyl (C=O) groups is 2. The van der Waals surface area contributed by atoms with Crippen molar-refractivity contribution < 1.29 is 22.7 Å². The highest BCUT2D eigenvalue weighted by Gasteiger charge is 2.35. The Hall–Kier alpha value is -3.56. The number of amides is 2. The maximum absolute atomic E-state index is 14.2. The van der Waals surface area contributed by atoms with Crippen LogP contribution in [0, 0.1) is 6.92 Å². The van der Waals surface area contributed by atoms with Crippen LogP contribution in [0.2, 0.25) is 5.02 Å². The molecule has 226 valence electrons. The Morgan fingerprint density at radius 2 is 1.57 bits per heavy atom. The van der Waals surface area contributed by atoms with Gasteiger partial charge < -0.3 is 15.0 Å². The second-order valence-corrected chi connectivity index (χ2v) is 13.3. The van der Waals surface area contributed by atoms with Crippen LogP contribution in [0.1, 0.15) is 52.2 Å². The van der Waals surface area contributed by atoms with E-state index in [4.69, 9.17) is 16.3 Å². The number of para-hydroxylation sites is 2. The largest absolute Gasteiger partial charge is 0.492 e. The highest BCUT2D eigenvalue weighted by atomic mass is 35.5. The molecule has 0 bridgehead atoms. The van der Waals surface area contributed by atoms with E-state index in [2.05, 4.69) is 5.32 Å². The van der Waals surface area contributed by atoms with Crippen molar-refractivity contribution in [2.45, 2.75) is 71.0 Å². The molecule has 0 aliphatic carbocycles. The number of benzene rings is 3. The van der Waals surface area contributed by atoms with Crippen molar-refractivity contribution in [1.82, 2.24) is 10.2 Å². The summed E-state index contributed by atoms with van der Waals surface area (Å²) < 4.78 is 35.1. The molecule has 0 heterocycles. The first-order valence-corrected chi connectivity index (χ1v) is 15.8. The fourth-order valence-corrected chi connectivity index (χ4v) is 6.00. The van der Waals surface area contributed by atoms with E-state index in [1.54, 1.807) is 67.6 Å². The van der Waals surface area contributed by atoms with Gasteiger partial charge in [0.15, 0.2) is 0 Å². The van der Waals surface area contributed by atoms with Gasteiger partial charge in [-0.25, -0.2) is 8.42 Å². The monoisotopic (exact) mass is 613 g/mol. The van der Waals surface area contributed by atoms with Gasteiger partial charge in [0.25, 0.3) is 10.0 Å². The Labute approximate surface area is 254 Å². The van der Waals surface area contributed by atoms with Crippen molar-refractivity contribution >= 4 is 39.1 Å². The van der Waals surface area contributed by atoms with Crippen LogP contribution in [-0.2, 0) is 26.2 Å². The van der Waals surface area contributed by atoms with Crippen molar-refractivity contribution in [1.29, 1.82) is 0 Å². The number of nitrogens with zero attached hydrogens (tertiary/aromatic N) is 2. The zero-order valence-corrected chi connectivity index (χ0v) is 26.6. The third-order valence-electron chi connectivity index (χ3n) is 6.47. The second kappa shape index (κ2) is 14.1. The number of nitrogens with one attached hydrogen (secondary N) is 1. The molecule has 0 spiro atoms. The zero-order chi connectivity index (χ0) is 31.1. The fraction of sp³-hybridized carbons (Fsp3) is 0.375. The number of halogens is 1. The summed E-state index contributed by atoms with van der Waals surface area (Å²) in [6.45, 7) is 10.9. The molecule has 42 heavy (non-hydrogen) atoms. The summed E-state index contributed by atoms with van der Waals surface area (Å²) in [7, 11) is -4.21. The number of ether oxygens (including phenoxy) is 1. The summed E-state index contributed by atoms with van der Waals surface area (Å²) in [5, 5.41) is 3.51. The highest BCUT2D eigenvalue weighted by molar-refractivity contribution is 7.92. The first-order valence-electron chi connectivity index (χ1n) is 13.9. The zero-order valence-electron chi connectivity index (χ0n) is 25.1. The van der Waals surface area contributed by atoms with Crippen molar-refractivity contribution in [2.75, 3.05) is 17.5 Å². The molecule has 1 N–H and O–H groups in total. The van der Waals surface area contributed by atoms with Crippen LogP contribution in [0.3, 0.4) is 0 Å². The molecule has 1 atom stereocenters. The molecule has 0 fully saturated rings. The van der Waals surface area contributed by atoms with Crippen LogP contribution < -0.4 is 14.4 Å². The van der Waals surface area contributed by atoms with Crippen LogP contribution in [-0.4, -0.2) is 49.9 Å². The lowest BCUT2D eigenvalue weighted by atomic mass is 10.1. The maximum atomic E-state index is 14.2. The van der Waals surface area contributed by atoms with E-state index in [1.165, 1.54) is 17.0 Å². The van der Waals surface area contributed by atoms with Gasteiger partial charge in [-0.3, -0.25) is 13.9 Å². The molecule has 0 saturated carbocycles. The van der Waals surface area contributed by atoms with Gasteiger partial charge in [-0.15, -0.1) is 0 Å². The van der Waals surface area contributed by atoms with E-state index in [-0.39, 0.29) is 23.0 Å². The number of hydrogen-bond donors (Lipinski definition) is 1. The smallest absolute Gasteiger partial charge is 0.264 e. The minimum absolute atomic E-state index is 0.0361. The lowest BCUT2D eigenvalue weighted by Crippen LogP contribution is -2.55. The Bertz CT molecular complexity index is 1470. The van der Waals surface area contributed by atoms with Crippen molar-refractivity contribution in [3.05, 3.63) is 88.9 Å². The van der Waals surface area contributed by atoms with Gasteiger partial charge >= 0.3 is 0 Å². The maximum Gasteiger partial charge on any atom is 0.264 e. The number of sulfonamides is 1. The van der Waals surface area contributed by atoms with Crippen LogP contribution in [0.4, 0.5) is 5.69 Å². The molecule has 3 aromatic carbocycles. The molecule has 1 unspecified atom stereocenters. The lowest BCUT2D eigenvalue weighted by molar-refractivity contribution is -0.141. The molecule has 2 amide bonds. The van der Waals surface area contributed by atoms with Gasteiger partial charge in [0.2, 0.25) is 11.8 Å². The molecule has 3 aromatic rings. The minimum atomic E-state index is -4.21. The van der Waals surface area contributed by atoms with Crippen molar-refractivity contribution in [3.63, 3.8) is 0 Å². The summed E-state index contributed by atoms with van der Waals surface area (Å²) in [4.78, 5) is 29.2. The van der Waals surface area contributed by atoms with Crippen molar-refractivity contribution in [2.24, 2.45) is 0 Å². The number of aryl methyl sites for hydroxylation is 1. The second-order valence-electron chi connectivity index (χ2n) is 11.0. The van der Waals surface area contributed by atoms with E-state index in [9.17, 15) is 18.0 Å². The minimum Gasteiger partial charge on any atom is -0.492 e. The number of rotatable bonds is 12. The highest BCUT2D eigenvalue weighted by Crippen LogP contribution is 2.33. The predicted molar refractivity (Wildman–Crippen MR) is 167 cm³/mol. The predicted octanol–water partition coefficient (Wildman–Crippen LogP) is 5.96. The van der Waals surface area contributed by atoms with Gasteiger partial charge in [0.1, 0.15) is 18.3 Å². The normalized spacial score (nSPS) is 12.4. The summed E-state index contributed by atoms with van der Waals surface area (Å²) in [6, 6.07) is 19.3. The standard InChI is InChI=1S/C32H40ClN3O5S/c1-7-27(31(38)34-32(4,5)6)35(21-24-15-17-25(33)18-16-24)30(37)22-36(28-11-9-10-12-29(28)41-8-2)42(39,40)26-19-13-23(3)14-20-26/h9-20,27H,7-8,21-22H2,1-6H3,(H,34,38). The number of hydrogen-bond acceptors (Lipinski definition) is 5. The molecule has 8 nitrogen and oxygen atoms in total. The Morgan fingerprint density at radius 3 is 2.14 bits per heavy atom. The molecular weight excluding hydrogens is 574 g/mol. The lowest BCUT2D eigenvalue weighted by Gasteiger charge is -2.35.